The SMILES string of the molecule is CC(=COC(=O)O)Cc1ccc(C(C)(C)C)cc1. The van der Waals surface area contributed by atoms with E-state index in [0.717, 1.165) is 11.1 Å². The monoisotopic (exact) mass is 248 g/mol. The Labute approximate surface area is 108 Å². The molecule has 3 heteroatoms. The first kappa shape index (κ1) is 14.3. The van der Waals surface area contributed by atoms with Crippen molar-refractivity contribution < 1.29 is 14.6 Å². The Hall–Kier alpha value is -1.77. The third kappa shape index (κ3) is 4.62. The third-order valence-electron chi connectivity index (χ3n) is 2.66. The van der Waals surface area contributed by atoms with E-state index in [0.29, 0.717) is 6.42 Å². The lowest BCUT2D eigenvalue weighted by Crippen LogP contribution is -2.10. The molecule has 0 radical (unpaired) electrons. The molecular weight excluding hydrogens is 228 g/mol. The van der Waals surface area contributed by atoms with Gasteiger partial charge in [-0.15, -0.1) is 0 Å². The standard InChI is InChI=1S/C15H20O3/c1-11(10-18-14(16)17)9-12-5-7-13(8-6-12)15(2,3)4/h5-8,10H,9H2,1-4H3,(H,16,17). The maximum Gasteiger partial charge on any atom is 0.510 e. The Morgan fingerprint density at radius 2 is 1.83 bits per heavy atom. The number of allylic oxidation sites excluding steroid dienone is 1. The van der Waals surface area contributed by atoms with E-state index in [-0.39, 0.29) is 5.41 Å². The molecule has 0 aliphatic carbocycles. The number of carboxylic acid groups (broad SMARTS) is 1. The third-order valence-corrected chi connectivity index (χ3v) is 2.66. The van der Waals surface area contributed by atoms with Crippen LogP contribution in [0, 0.1) is 0 Å². The summed E-state index contributed by atoms with van der Waals surface area (Å²) >= 11 is 0. The Morgan fingerprint density at radius 1 is 1.28 bits per heavy atom. The molecule has 0 atom stereocenters. The van der Waals surface area contributed by atoms with E-state index in [4.69, 9.17) is 5.11 Å². The summed E-state index contributed by atoms with van der Waals surface area (Å²) in [6.07, 6.45) is 0.690. The highest BCUT2D eigenvalue weighted by molar-refractivity contribution is 5.57. The lowest BCUT2D eigenvalue weighted by atomic mass is 9.86. The van der Waals surface area contributed by atoms with Gasteiger partial charge < -0.3 is 9.84 Å². The van der Waals surface area contributed by atoms with Gasteiger partial charge in [0, 0.05) is 0 Å². The second-order valence-corrected chi connectivity index (χ2v) is 5.47. The molecule has 18 heavy (non-hydrogen) atoms. The first-order valence-corrected chi connectivity index (χ1v) is 5.93. The summed E-state index contributed by atoms with van der Waals surface area (Å²) in [5.74, 6) is 0. The number of hydrogen-bond acceptors (Lipinski definition) is 2. The molecule has 3 nitrogen and oxygen atoms in total. The van der Waals surface area contributed by atoms with E-state index in [2.05, 4.69) is 49.8 Å². The van der Waals surface area contributed by atoms with Gasteiger partial charge in [0.25, 0.3) is 0 Å². The zero-order valence-corrected chi connectivity index (χ0v) is 11.4. The quantitative estimate of drug-likeness (QED) is 0.646. The van der Waals surface area contributed by atoms with Gasteiger partial charge in [0.1, 0.15) is 0 Å². The van der Waals surface area contributed by atoms with Crippen LogP contribution >= 0.6 is 0 Å². The van der Waals surface area contributed by atoms with Gasteiger partial charge in [-0.3, -0.25) is 0 Å². The average molecular weight is 248 g/mol. The Kier molecular flexibility index (Phi) is 4.54. The first-order valence-electron chi connectivity index (χ1n) is 5.93. The van der Waals surface area contributed by atoms with Crippen LogP contribution in [0.25, 0.3) is 0 Å². The van der Waals surface area contributed by atoms with E-state index in [1.807, 2.05) is 6.92 Å². The van der Waals surface area contributed by atoms with Crippen LogP contribution in [0.2, 0.25) is 0 Å². The topological polar surface area (TPSA) is 46.5 Å². The van der Waals surface area contributed by atoms with Gasteiger partial charge in [-0.25, -0.2) is 4.79 Å². The molecule has 1 N–H and O–H groups in total. The van der Waals surface area contributed by atoms with Crippen molar-refractivity contribution >= 4 is 6.16 Å². The van der Waals surface area contributed by atoms with Gasteiger partial charge in [-0.2, -0.15) is 0 Å². The lowest BCUT2D eigenvalue weighted by Gasteiger charge is -2.19. The van der Waals surface area contributed by atoms with Crippen molar-refractivity contribution in [1.29, 1.82) is 0 Å². The van der Waals surface area contributed by atoms with Crippen LogP contribution in [0.5, 0.6) is 0 Å². The molecule has 0 bridgehead atoms. The highest BCUT2D eigenvalue weighted by Gasteiger charge is 2.12. The molecule has 1 aromatic carbocycles. The molecule has 0 unspecified atom stereocenters. The summed E-state index contributed by atoms with van der Waals surface area (Å²) in [6, 6.07) is 8.36. The number of rotatable bonds is 3. The molecule has 0 saturated carbocycles. The molecule has 98 valence electrons. The molecule has 0 aliphatic rings. The van der Waals surface area contributed by atoms with Gasteiger partial charge in [-0.05, 0) is 35.5 Å². The van der Waals surface area contributed by atoms with Crippen molar-refractivity contribution in [2.45, 2.75) is 39.5 Å². The van der Waals surface area contributed by atoms with E-state index >= 15 is 0 Å². The van der Waals surface area contributed by atoms with E-state index in [1.165, 1.54) is 11.8 Å². The molecule has 0 heterocycles. The fourth-order valence-electron chi connectivity index (χ4n) is 1.64. The molecule has 0 aromatic heterocycles. The zero-order chi connectivity index (χ0) is 13.8. The summed E-state index contributed by atoms with van der Waals surface area (Å²) in [7, 11) is 0. The highest BCUT2D eigenvalue weighted by Crippen LogP contribution is 2.22. The summed E-state index contributed by atoms with van der Waals surface area (Å²) < 4.78 is 4.41. The Balaban J connectivity index is 2.70. The number of hydrogen-bond donors (Lipinski definition) is 1. The molecule has 1 rings (SSSR count). The second kappa shape index (κ2) is 5.71. The summed E-state index contributed by atoms with van der Waals surface area (Å²) in [6.45, 7) is 8.37. The van der Waals surface area contributed by atoms with Crippen LogP contribution in [-0.2, 0) is 16.6 Å². The van der Waals surface area contributed by atoms with Crippen LogP contribution in [-0.4, -0.2) is 11.3 Å². The predicted octanol–water partition coefficient (Wildman–Crippen LogP) is 4.13. The van der Waals surface area contributed by atoms with Crippen LogP contribution in [0.3, 0.4) is 0 Å². The van der Waals surface area contributed by atoms with Gasteiger partial charge in [0.15, 0.2) is 0 Å². The first-order chi connectivity index (χ1) is 8.29. The maximum atomic E-state index is 10.2. The van der Waals surface area contributed by atoms with E-state index < -0.39 is 6.16 Å². The minimum absolute atomic E-state index is 0.149. The Morgan fingerprint density at radius 3 is 2.28 bits per heavy atom. The van der Waals surface area contributed by atoms with Crippen molar-refractivity contribution in [3.8, 4) is 0 Å². The van der Waals surface area contributed by atoms with Gasteiger partial charge >= 0.3 is 6.16 Å². The van der Waals surface area contributed by atoms with Crippen molar-refractivity contribution in [2.24, 2.45) is 0 Å². The van der Waals surface area contributed by atoms with E-state index in [9.17, 15) is 4.79 Å². The zero-order valence-electron chi connectivity index (χ0n) is 11.4. The normalized spacial score (nSPS) is 12.3. The lowest BCUT2D eigenvalue weighted by molar-refractivity contribution is 0.127. The van der Waals surface area contributed by atoms with Crippen molar-refractivity contribution in [3.63, 3.8) is 0 Å². The highest BCUT2D eigenvalue weighted by atomic mass is 16.7. The van der Waals surface area contributed by atoms with Crippen molar-refractivity contribution in [1.82, 2.24) is 0 Å². The molecule has 0 spiro atoms. The fourth-order valence-corrected chi connectivity index (χ4v) is 1.64. The van der Waals surface area contributed by atoms with Gasteiger partial charge in [-0.1, -0.05) is 45.0 Å². The van der Waals surface area contributed by atoms with Crippen LogP contribution in [0.4, 0.5) is 4.79 Å². The molecule has 0 fully saturated rings. The van der Waals surface area contributed by atoms with Gasteiger partial charge in [0.2, 0.25) is 0 Å². The Bertz CT molecular complexity index is 436. The van der Waals surface area contributed by atoms with Crippen molar-refractivity contribution in [3.05, 3.63) is 47.2 Å². The largest absolute Gasteiger partial charge is 0.510 e. The molecule has 1 aromatic rings. The summed E-state index contributed by atoms with van der Waals surface area (Å²) in [5.41, 5.74) is 3.46. The average Bonchev–Trinajstić information content (AvgIpc) is 2.26. The molecule has 0 amide bonds. The number of carbonyl (C=O) groups is 1. The number of benzene rings is 1. The van der Waals surface area contributed by atoms with Gasteiger partial charge in [0.05, 0.1) is 6.26 Å². The van der Waals surface area contributed by atoms with Crippen molar-refractivity contribution in [2.75, 3.05) is 0 Å². The molecule has 0 saturated heterocycles. The predicted molar refractivity (Wildman–Crippen MR) is 71.7 cm³/mol. The van der Waals surface area contributed by atoms with E-state index in [1.54, 1.807) is 0 Å². The maximum absolute atomic E-state index is 10.2. The van der Waals surface area contributed by atoms with Crippen LogP contribution in [0.1, 0.15) is 38.8 Å². The fraction of sp³-hybridized carbons (Fsp3) is 0.400. The minimum atomic E-state index is -1.28. The second-order valence-electron chi connectivity index (χ2n) is 5.47. The van der Waals surface area contributed by atoms with Crippen LogP contribution in [0.15, 0.2) is 36.1 Å². The smallest absolute Gasteiger partial charge is 0.449 e. The summed E-state index contributed by atoms with van der Waals surface area (Å²) in [4.78, 5) is 10.2. The minimum Gasteiger partial charge on any atom is -0.449 e. The summed E-state index contributed by atoms with van der Waals surface area (Å²) in [5, 5.41) is 8.39. The number of ether oxygens (including phenoxy) is 1. The molecule has 0 aliphatic heterocycles. The molecular formula is C15H20O3. The van der Waals surface area contributed by atoms with Crippen LogP contribution < -0.4 is 0 Å².